The number of nitrogens with zero attached hydrogens (tertiary/aromatic N) is 3. The highest BCUT2D eigenvalue weighted by Crippen LogP contribution is 2.06. The number of rotatable bonds is 9. The van der Waals surface area contributed by atoms with Crippen molar-refractivity contribution >= 4 is 5.95 Å². The quantitative estimate of drug-likeness (QED) is 0.676. The Morgan fingerprint density at radius 3 is 2.53 bits per heavy atom. The first-order valence-corrected chi connectivity index (χ1v) is 6.56. The molecule has 0 saturated heterocycles. The van der Waals surface area contributed by atoms with Gasteiger partial charge in [-0.05, 0) is 0 Å². The first-order chi connectivity index (χ1) is 9.17. The summed E-state index contributed by atoms with van der Waals surface area (Å²) >= 11 is 0. The van der Waals surface area contributed by atoms with Crippen molar-refractivity contribution in [3.8, 4) is 0 Å². The molecule has 6 heteroatoms. The van der Waals surface area contributed by atoms with Crippen molar-refractivity contribution in [1.29, 1.82) is 0 Å². The normalized spacial score (nSPS) is 11.0. The second-order valence-electron chi connectivity index (χ2n) is 4.63. The molecule has 0 bridgehead atoms. The topological polar surface area (TPSA) is 70.5 Å². The number of aliphatic hydroxyl groups excluding tert-OH is 1. The number of hydrogen-bond acceptors (Lipinski definition) is 6. The third-order valence-electron chi connectivity index (χ3n) is 2.62. The predicted molar refractivity (Wildman–Crippen MR) is 75.2 cm³/mol. The summed E-state index contributed by atoms with van der Waals surface area (Å²) in [6, 6.07) is 0.437. The Bertz CT molecular complexity index is 343. The third-order valence-corrected chi connectivity index (χ3v) is 2.62. The summed E-state index contributed by atoms with van der Waals surface area (Å²) in [5.74, 6) is 0.624. The van der Waals surface area contributed by atoms with Crippen molar-refractivity contribution in [2.45, 2.75) is 26.4 Å². The molecule has 108 valence electrons. The molecule has 2 N–H and O–H groups in total. The van der Waals surface area contributed by atoms with Gasteiger partial charge in [0.1, 0.15) is 0 Å². The second-order valence-corrected chi connectivity index (χ2v) is 4.63. The fourth-order valence-corrected chi connectivity index (χ4v) is 1.56. The largest absolute Gasteiger partial charge is 0.395 e. The molecule has 6 nitrogen and oxygen atoms in total. The fraction of sp³-hybridized carbons (Fsp3) is 0.692. The second kappa shape index (κ2) is 8.79. The van der Waals surface area contributed by atoms with Crippen LogP contribution in [0, 0.1) is 0 Å². The summed E-state index contributed by atoms with van der Waals surface area (Å²) in [4.78, 5) is 10.6. The van der Waals surface area contributed by atoms with Crippen LogP contribution in [0.5, 0.6) is 0 Å². The SMILES string of the molecule is COCCN(CCO)c1ncc(CNC(C)C)cn1. The molecular formula is C13H24N4O2. The summed E-state index contributed by atoms with van der Waals surface area (Å²) in [6.45, 7) is 6.79. The van der Waals surface area contributed by atoms with Gasteiger partial charge in [-0.3, -0.25) is 0 Å². The molecule has 0 aliphatic heterocycles. The number of nitrogens with one attached hydrogen (secondary N) is 1. The van der Waals surface area contributed by atoms with Gasteiger partial charge in [0.05, 0.1) is 13.2 Å². The first-order valence-electron chi connectivity index (χ1n) is 6.56. The lowest BCUT2D eigenvalue weighted by Crippen LogP contribution is -2.31. The Morgan fingerprint density at radius 1 is 1.32 bits per heavy atom. The van der Waals surface area contributed by atoms with Crippen LogP contribution in [0.2, 0.25) is 0 Å². The molecule has 0 aliphatic rings. The van der Waals surface area contributed by atoms with E-state index in [0.29, 0.717) is 31.7 Å². The van der Waals surface area contributed by atoms with Crippen LogP contribution < -0.4 is 10.2 Å². The standard InChI is InChI=1S/C13H24N4O2/c1-11(2)14-8-12-9-15-13(16-10-12)17(4-6-18)5-7-19-3/h9-11,14,18H,4-8H2,1-3H3. The van der Waals surface area contributed by atoms with Crippen molar-refractivity contribution in [3.05, 3.63) is 18.0 Å². The van der Waals surface area contributed by atoms with Crippen molar-refractivity contribution in [2.24, 2.45) is 0 Å². The van der Waals surface area contributed by atoms with Crippen molar-refractivity contribution in [3.63, 3.8) is 0 Å². The lowest BCUT2D eigenvalue weighted by Gasteiger charge is -2.21. The van der Waals surface area contributed by atoms with E-state index in [1.165, 1.54) is 0 Å². The minimum absolute atomic E-state index is 0.0731. The average molecular weight is 268 g/mol. The van der Waals surface area contributed by atoms with Crippen molar-refractivity contribution in [2.75, 3.05) is 38.3 Å². The average Bonchev–Trinajstić information content (AvgIpc) is 2.42. The molecule has 1 aromatic heterocycles. The zero-order valence-corrected chi connectivity index (χ0v) is 12.0. The molecule has 1 rings (SSSR count). The van der Waals surface area contributed by atoms with Gasteiger partial charge in [-0.1, -0.05) is 13.8 Å². The number of aromatic nitrogens is 2. The summed E-state index contributed by atoms with van der Waals surface area (Å²) in [5, 5.41) is 12.4. The van der Waals surface area contributed by atoms with Gasteiger partial charge in [-0.25, -0.2) is 9.97 Å². The summed E-state index contributed by atoms with van der Waals surface area (Å²) < 4.78 is 5.04. The van der Waals surface area contributed by atoms with Crippen LogP contribution in [0.15, 0.2) is 12.4 Å². The highest BCUT2D eigenvalue weighted by atomic mass is 16.5. The molecule has 0 atom stereocenters. The Kier molecular flexibility index (Phi) is 7.32. The van der Waals surface area contributed by atoms with Crippen molar-refractivity contribution in [1.82, 2.24) is 15.3 Å². The molecule has 0 aliphatic carbocycles. The molecule has 0 saturated carbocycles. The predicted octanol–water partition coefficient (Wildman–Crippen LogP) is 0.420. The molecule has 0 aromatic carbocycles. The van der Waals surface area contributed by atoms with Gasteiger partial charge in [-0.15, -0.1) is 0 Å². The lowest BCUT2D eigenvalue weighted by atomic mass is 10.3. The van der Waals surface area contributed by atoms with E-state index in [9.17, 15) is 0 Å². The maximum absolute atomic E-state index is 9.05. The van der Waals surface area contributed by atoms with Crippen LogP contribution in [0.4, 0.5) is 5.95 Å². The highest BCUT2D eigenvalue weighted by Gasteiger charge is 2.08. The smallest absolute Gasteiger partial charge is 0.225 e. The minimum Gasteiger partial charge on any atom is -0.395 e. The third kappa shape index (κ3) is 5.96. The zero-order valence-electron chi connectivity index (χ0n) is 12.0. The van der Waals surface area contributed by atoms with E-state index in [2.05, 4.69) is 29.1 Å². The van der Waals surface area contributed by atoms with Gasteiger partial charge >= 0.3 is 0 Å². The Morgan fingerprint density at radius 2 is 2.00 bits per heavy atom. The summed E-state index contributed by atoms with van der Waals surface area (Å²) in [6.07, 6.45) is 3.63. The van der Waals surface area contributed by atoms with E-state index >= 15 is 0 Å². The van der Waals surface area contributed by atoms with Gasteiger partial charge in [0, 0.05) is 50.7 Å². The number of methoxy groups -OCH3 is 1. The molecule has 0 radical (unpaired) electrons. The molecule has 0 unspecified atom stereocenters. The highest BCUT2D eigenvalue weighted by molar-refractivity contribution is 5.29. The Hall–Kier alpha value is -1.24. The number of aliphatic hydroxyl groups is 1. The number of hydrogen-bond donors (Lipinski definition) is 2. The van der Waals surface area contributed by atoms with Gasteiger partial charge in [0.25, 0.3) is 0 Å². The Balaban J connectivity index is 2.60. The molecule has 0 spiro atoms. The van der Waals surface area contributed by atoms with Crippen LogP contribution in [0.1, 0.15) is 19.4 Å². The summed E-state index contributed by atoms with van der Waals surface area (Å²) in [5.41, 5.74) is 1.05. The van der Waals surface area contributed by atoms with Gasteiger partial charge < -0.3 is 20.1 Å². The molecule has 0 fully saturated rings. The van der Waals surface area contributed by atoms with E-state index in [0.717, 1.165) is 12.1 Å². The van der Waals surface area contributed by atoms with Crippen molar-refractivity contribution < 1.29 is 9.84 Å². The van der Waals surface area contributed by atoms with Gasteiger partial charge in [0.2, 0.25) is 5.95 Å². The van der Waals surface area contributed by atoms with E-state index in [1.807, 2.05) is 17.3 Å². The fourth-order valence-electron chi connectivity index (χ4n) is 1.56. The van der Waals surface area contributed by atoms with E-state index in [4.69, 9.17) is 9.84 Å². The lowest BCUT2D eigenvalue weighted by molar-refractivity contribution is 0.202. The molecular weight excluding hydrogens is 244 g/mol. The van der Waals surface area contributed by atoms with Gasteiger partial charge in [0.15, 0.2) is 0 Å². The van der Waals surface area contributed by atoms with Crippen LogP contribution in [-0.2, 0) is 11.3 Å². The van der Waals surface area contributed by atoms with Gasteiger partial charge in [-0.2, -0.15) is 0 Å². The number of anilines is 1. The van der Waals surface area contributed by atoms with E-state index in [1.54, 1.807) is 7.11 Å². The van der Waals surface area contributed by atoms with E-state index in [-0.39, 0.29) is 6.61 Å². The summed E-state index contributed by atoms with van der Waals surface area (Å²) in [7, 11) is 1.65. The van der Waals surface area contributed by atoms with Crippen LogP contribution in [0.3, 0.4) is 0 Å². The van der Waals surface area contributed by atoms with E-state index < -0.39 is 0 Å². The number of ether oxygens (including phenoxy) is 1. The molecule has 0 amide bonds. The maximum Gasteiger partial charge on any atom is 0.225 e. The minimum atomic E-state index is 0.0731. The molecule has 1 heterocycles. The molecule has 1 aromatic rings. The Labute approximate surface area is 114 Å². The first kappa shape index (κ1) is 15.8. The van der Waals surface area contributed by atoms with Crippen LogP contribution in [-0.4, -0.2) is 54.5 Å². The van der Waals surface area contributed by atoms with Crippen LogP contribution in [0.25, 0.3) is 0 Å². The maximum atomic E-state index is 9.05. The zero-order chi connectivity index (χ0) is 14.1. The monoisotopic (exact) mass is 268 g/mol. The molecule has 19 heavy (non-hydrogen) atoms. The van der Waals surface area contributed by atoms with Crippen LogP contribution >= 0.6 is 0 Å².